The van der Waals surface area contributed by atoms with E-state index in [1.165, 1.54) is 11.9 Å². The molecule has 36 heavy (non-hydrogen) atoms. The van der Waals surface area contributed by atoms with Crippen LogP contribution in [-0.2, 0) is 32.6 Å². The van der Waals surface area contributed by atoms with Gasteiger partial charge in [0.2, 0.25) is 21.8 Å². The number of hydrogen-bond donors (Lipinski definition) is 1. The largest absolute Gasteiger partial charge is 0.354 e. The van der Waals surface area contributed by atoms with E-state index in [2.05, 4.69) is 5.32 Å². The Bertz CT molecular complexity index is 1250. The lowest BCUT2D eigenvalue weighted by atomic mass is 10.0. The molecule has 0 spiro atoms. The minimum atomic E-state index is -3.60. The average molecular weight is 528 g/mol. The summed E-state index contributed by atoms with van der Waals surface area (Å²) in [5.41, 5.74) is 2.46. The Morgan fingerprint density at radius 2 is 1.47 bits per heavy atom. The van der Waals surface area contributed by atoms with Crippen LogP contribution in [0.1, 0.15) is 22.7 Å². The van der Waals surface area contributed by atoms with Crippen molar-refractivity contribution in [3.8, 4) is 0 Å². The molecule has 3 rings (SSSR count). The van der Waals surface area contributed by atoms with Gasteiger partial charge in [0.15, 0.2) is 0 Å². The van der Waals surface area contributed by atoms with E-state index in [1.807, 2.05) is 36.4 Å². The fourth-order valence-electron chi connectivity index (χ4n) is 3.69. The zero-order valence-electron chi connectivity index (χ0n) is 20.3. The molecule has 0 aliphatic heterocycles. The molecule has 0 heterocycles. The van der Waals surface area contributed by atoms with Crippen molar-refractivity contribution in [2.24, 2.45) is 0 Å². The molecular formula is C27H30ClN3O4S. The molecule has 2 amide bonds. The van der Waals surface area contributed by atoms with Crippen LogP contribution in [0.15, 0.2) is 84.9 Å². The monoisotopic (exact) mass is 527 g/mol. The van der Waals surface area contributed by atoms with Gasteiger partial charge in [0.25, 0.3) is 0 Å². The van der Waals surface area contributed by atoms with Crippen LogP contribution in [0.25, 0.3) is 0 Å². The third-order valence-corrected chi connectivity index (χ3v) is 7.26. The van der Waals surface area contributed by atoms with Crippen molar-refractivity contribution in [1.29, 1.82) is 0 Å². The van der Waals surface area contributed by atoms with Crippen molar-refractivity contribution >= 4 is 33.4 Å². The fraction of sp³-hybridized carbons (Fsp3) is 0.259. The lowest BCUT2D eigenvalue weighted by molar-refractivity contribution is -0.141. The second-order valence-corrected chi connectivity index (χ2v) is 11.0. The molecule has 190 valence electrons. The highest BCUT2D eigenvalue weighted by Crippen LogP contribution is 2.25. The quantitative estimate of drug-likeness (QED) is 0.412. The van der Waals surface area contributed by atoms with Gasteiger partial charge >= 0.3 is 0 Å². The van der Waals surface area contributed by atoms with Crippen molar-refractivity contribution < 1.29 is 18.0 Å². The second kappa shape index (κ2) is 12.7. The molecular weight excluding hydrogens is 498 g/mol. The van der Waals surface area contributed by atoms with Crippen LogP contribution in [-0.4, -0.2) is 55.8 Å². The number of likely N-dealkylation sites (N-methyl/N-ethyl adjacent to an activating group) is 1. The van der Waals surface area contributed by atoms with Crippen molar-refractivity contribution in [3.05, 3.63) is 107 Å². The first-order chi connectivity index (χ1) is 17.1. The zero-order valence-corrected chi connectivity index (χ0v) is 21.9. The van der Waals surface area contributed by atoms with Crippen LogP contribution in [0, 0.1) is 0 Å². The minimum Gasteiger partial charge on any atom is -0.354 e. The van der Waals surface area contributed by atoms with E-state index >= 15 is 0 Å². The molecule has 0 aromatic heterocycles. The summed E-state index contributed by atoms with van der Waals surface area (Å²) >= 11 is 6.03. The van der Waals surface area contributed by atoms with Crippen molar-refractivity contribution in [2.75, 3.05) is 26.4 Å². The number of sulfonamides is 1. The van der Waals surface area contributed by atoms with E-state index in [4.69, 9.17) is 11.6 Å². The number of carbonyl (C=O) groups excluding carboxylic acids is 2. The number of halogens is 1. The van der Waals surface area contributed by atoms with Gasteiger partial charge < -0.3 is 10.2 Å². The molecule has 9 heteroatoms. The molecule has 0 saturated heterocycles. The lowest BCUT2D eigenvalue weighted by Crippen LogP contribution is -2.47. The maximum absolute atomic E-state index is 13.5. The number of hydrogen-bond acceptors (Lipinski definition) is 4. The highest BCUT2D eigenvalue weighted by Gasteiger charge is 2.32. The predicted molar refractivity (Wildman–Crippen MR) is 142 cm³/mol. The van der Waals surface area contributed by atoms with Crippen LogP contribution in [0.2, 0.25) is 5.02 Å². The summed E-state index contributed by atoms with van der Waals surface area (Å²) in [6.07, 6.45) is 1.67. The fourth-order valence-corrected chi connectivity index (χ4v) is 4.16. The summed E-state index contributed by atoms with van der Waals surface area (Å²) in [4.78, 5) is 28.5. The Kier molecular flexibility index (Phi) is 9.64. The van der Waals surface area contributed by atoms with Crippen LogP contribution in [0.5, 0.6) is 0 Å². The van der Waals surface area contributed by atoms with Crippen molar-refractivity contribution in [3.63, 3.8) is 0 Å². The van der Waals surface area contributed by atoms with Crippen molar-refractivity contribution in [2.45, 2.75) is 19.0 Å². The van der Waals surface area contributed by atoms with Crippen LogP contribution < -0.4 is 5.32 Å². The third-order valence-electron chi connectivity index (χ3n) is 5.74. The van der Waals surface area contributed by atoms with Crippen LogP contribution in [0.3, 0.4) is 0 Å². The molecule has 1 unspecified atom stereocenters. The molecule has 3 aromatic carbocycles. The molecule has 0 aliphatic rings. The molecule has 0 fully saturated rings. The summed E-state index contributed by atoms with van der Waals surface area (Å²) in [5.74, 6) is -0.841. The molecule has 0 bridgehead atoms. The number of nitrogens with zero attached hydrogens (tertiary/aromatic N) is 2. The first kappa shape index (κ1) is 27.4. The second-order valence-electron chi connectivity index (χ2n) is 8.51. The Morgan fingerprint density at radius 1 is 0.889 bits per heavy atom. The minimum absolute atomic E-state index is 0.0965. The van der Waals surface area contributed by atoms with E-state index in [0.29, 0.717) is 23.6 Å². The van der Waals surface area contributed by atoms with Gasteiger partial charge in [-0.25, -0.2) is 8.42 Å². The van der Waals surface area contributed by atoms with Gasteiger partial charge in [-0.3, -0.25) is 9.59 Å². The SMILES string of the molecule is CN(CC(=O)N(Cc1ccc(Cl)cc1)C(C(=O)NCCc1ccccc1)c1ccccc1)S(C)(=O)=O. The van der Waals surface area contributed by atoms with Gasteiger partial charge in [0.05, 0.1) is 12.8 Å². The van der Waals surface area contributed by atoms with Crippen molar-refractivity contribution in [1.82, 2.24) is 14.5 Å². The van der Waals surface area contributed by atoms with Crippen LogP contribution >= 0.6 is 11.6 Å². The summed E-state index contributed by atoms with van der Waals surface area (Å²) in [6, 6.07) is 24.8. The Hall–Kier alpha value is -3.20. The maximum Gasteiger partial charge on any atom is 0.247 e. The summed E-state index contributed by atoms with van der Waals surface area (Å²) in [6.45, 7) is 0.0880. The van der Waals surface area contributed by atoms with Gasteiger partial charge in [-0.1, -0.05) is 84.4 Å². The van der Waals surface area contributed by atoms with Gasteiger partial charge in [-0.2, -0.15) is 4.31 Å². The van der Waals surface area contributed by atoms with E-state index in [1.54, 1.807) is 48.5 Å². The molecule has 0 aliphatic carbocycles. The van der Waals surface area contributed by atoms with E-state index in [0.717, 1.165) is 21.7 Å². The van der Waals surface area contributed by atoms with Gasteiger partial charge in [-0.15, -0.1) is 0 Å². The van der Waals surface area contributed by atoms with Gasteiger partial charge in [0, 0.05) is 25.2 Å². The molecule has 1 atom stereocenters. The normalized spacial score (nSPS) is 12.2. The maximum atomic E-state index is 13.5. The predicted octanol–water partition coefficient (Wildman–Crippen LogP) is 3.66. The molecule has 3 aromatic rings. The number of benzene rings is 3. The average Bonchev–Trinajstić information content (AvgIpc) is 2.85. The zero-order chi connectivity index (χ0) is 26.1. The van der Waals surface area contributed by atoms with Gasteiger partial charge in [-0.05, 0) is 35.2 Å². The van der Waals surface area contributed by atoms with E-state index in [-0.39, 0.29) is 12.5 Å². The molecule has 1 N–H and O–H groups in total. The topological polar surface area (TPSA) is 86.8 Å². The molecule has 0 saturated carbocycles. The van der Waals surface area contributed by atoms with Crippen LogP contribution in [0.4, 0.5) is 0 Å². The Balaban J connectivity index is 1.91. The summed E-state index contributed by atoms with van der Waals surface area (Å²) in [7, 11) is -2.26. The number of rotatable bonds is 11. The molecule has 0 radical (unpaired) electrons. The first-order valence-corrected chi connectivity index (χ1v) is 13.7. The Morgan fingerprint density at radius 3 is 2.06 bits per heavy atom. The van der Waals surface area contributed by atoms with E-state index in [9.17, 15) is 18.0 Å². The van der Waals surface area contributed by atoms with Gasteiger partial charge in [0.1, 0.15) is 6.04 Å². The van der Waals surface area contributed by atoms with E-state index < -0.39 is 28.5 Å². The Labute approximate surface area is 217 Å². The number of amides is 2. The molecule has 7 nitrogen and oxygen atoms in total. The number of nitrogens with one attached hydrogen (secondary N) is 1. The summed E-state index contributed by atoms with van der Waals surface area (Å²) < 4.78 is 25.0. The highest BCUT2D eigenvalue weighted by molar-refractivity contribution is 7.88. The summed E-state index contributed by atoms with van der Waals surface area (Å²) in [5, 5.41) is 3.51. The third kappa shape index (κ3) is 7.91. The highest BCUT2D eigenvalue weighted by atomic mass is 35.5. The lowest BCUT2D eigenvalue weighted by Gasteiger charge is -2.32. The number of carbonyl (C=O) groups is 2. The standard InChI is InChI=1S/C27H30ClN3O4S/c1-30(36(2,34)35)20-25(32)31(19-22-13-15-24(28)16-14-22)26(23-11-7-4-8-12-23)27(33)29-18-17-21-9-5-3-6-10-21/h3-16,26H,17-20H2,1-2H3,(H,29,33). The first-order valence-electron chi connectivity index (χ1n) is 11.5. The smallest absolute Gasteiger partial charge is 0.247 e.